The van der Waals surface area contributed by atoms with E-state index in [2.05, 4.69) is 45.9 Å². The van der Waals surface area contributed by atoms with Crippen LogP contribution in [0.4, 0.5) is 0 Å². The van der Waals surface area contributed by atoms with E-state index >= 15 is 0 Å². The molecular weight excluding hydrogens is 336 g/mol. The first-order valence-corrected chi connectivity index (χ1v) is 10.3. The number of hydrogen-bond donors (Lipinski definition) is 0. The van der Waals surface area contributed by atoms with Gasteiger partial charge in [-0.1, -0.05) is 34.9 Å². The Kier molecular flexibility index (Phi) is 14.3. The molecule has 27 heavy (non-hydrogen) atoms. The van der Waals surface area contributed by atoms with Gasteiger partial charge >= 0.3 is 5.97 Å². The maximum atomic E-state index is 12.0. The smallest absolute Gasteiger partial charge is 0.373 e. The van der Waals surface area contributed by atoms with Crippen molar-refractivity contribution in [2.75, 3.05) is 13.2 Å². The number of carbonyl (C=O) groups excluding carboxylic acids is 1. The second kappa shape index (κ2) is 15.3. The fourth-order valence-corrected chi connectivity index (χ4v) is 2.68. The van der Waals surface area contributed by atoms with Crippen LogP contribution in [-0.4, -0.2) is 19.2 Å². The molecule has 0 spiro atoms. The lowest BCUT2D eigenvalue weighted by atomic mass is 10.0. The van der Waals surface area contributed by atoms with Gasteiger partial charge in [0.25, 0.3) is 0 Å². The number of allylic oxidation sites excluding steroid dienone is 7. The molecule has 0 N–H and O–H groups in total. The highest BCUT2D eigenvalue weighted by Gasteiger charge is 2.15. The van der Waals surface area contributed by atoms with Gasteiger partial charge in [0.05, 0.1) is 13.2 Å². The van der Waals surface area contributed by atoms with Crippen molar-refractivity contribution in [3.63, 3.8) is 0 Å². The Hall–Kier alpha value is -1.77. The monoisotopic (exact) mass is 376 g/mol. The molecule has 0 radical (unpaired) electrons. The molecule has 0 saturated carbocycles. The van der Waals surface area contributed by atoms with Crippen molar-refractivity contribution in [2.45, 2.75) is 87.0 Å². The van der Waals surface area contributed by atoms with Gasteiger partial charge in [0.15, 0.2) is 0 Å². The average molecular weight is 377 g/mol. The van der Waals surface area contributed by atoms with E-state index in [0.29, 0.717) is 19.0 Å². The number of ether oxygens (including phenoxy) is 2. The third-order valence-corrected chi connectivity index (χ3v) is 4.27. The molecule has 0 saturated heterocycles. The Morgan fingerprint density at radius 2 is 1.19 bits per heavy atom. The Morgan fingerprint density at radius 1 is 0.704 bits per heavy atom. The maximum absolute atomic E-state index is 12.0. The van der Waals surface area contributed by atoms with Crippen LogP contribution in [0.1, 0.15) is 87.0 Å². The standard InChI is InChI=1S/C24H40O3/c1-8-26-23(24(25)27-9-2)22(7)18-12-17-21(6)16-11-15-20(5)14-10-13-19(3)4/h13,15,17H,8-12,14,16,18H2,1-7H3/b20-15+,21-17+,23-22-. The molecule has 0 bridgehead atoms. The second-order valence-corrected chi connectivity index (χ2v) is 7.26. The summed E-state index contributed by atoms with van der Waals surface area (Å²) in [6, 6.07) is 0. The molecule has 0 amide bonds. The zero-order chi connectivity index (χ0) is 20.7. The summed E-state index contributed by atoms with van der Waals surface area (Å²) in [6.07, 6.45) is 13.1. The van der Waals surface area contributed by atoms with Crippen LogP contribution in [0.3, 0.4) is 0 Å². The molecule has 0 heterocycles. The maximum Gasteiger partial charge on any atom is 0.373 e. The molecule has 0 aromatic heterocycles. The number of carbonyl (C=O) groups is 1. The van der Waals surface area contributed by atoms with Crippen LogP contribution >= 0.6 is 0 Å². The van der Waals surface area contributed by atoms with Gasteiger partial charge in [0.2, 0.25) is 5.76 Å². The molecule has 0 aromatic rings. The van der Waals surface area contributed by atoms with Crippen molar-refractivity contribution >= 4 is 5.97 Å². The van der Waals surface area contributed by atoms with E-state index in [-0.39, 0.29) is 5.97 Å². The van der Waals surface area contributed by atoms with Gasteiger partial charge in [-0.05, 0) is 92.6 Å². The van der Waals surface area contributed by atoms with Crippen LogP contribution in [0.15, 0.2) is 46.3 Å². The average Bonchev–Trinajstić information content (AvgIpc) is 2.59. The van der Waals surface area contributed by atoms with Gasteiger partial charge in [0.1, 0.15) is 0 Å². The lowest BCUT2D eigenvalue weighted by Gasteiger charge is -2.11. The summed E-state index contributed by atoms with van der Waals surface area (Å²) in [7, 11) is 0. The predicted octanol–water partition coefficient (Wildman–Crippen LogP) is 7.06. The van der Waals surface area contributed by atoms with Crippen molar-refractivity contribution < 1.29 is 14.3 Å². The van der Waals surface area contributed by atoms with Gasteiger partial charge in [-0.25, -0.2) is 4.79 Å². The van der Waals surface area contributed by atoms with Gasteiger partial charge < -0.3 is 9.47 Å². The fraction of sp³-hybridized carbons (Fsp3) is 0.625. The molecule has 0 rings (SSSR count). The normalized spacial score (nSPS) is 13.1. The molecule has 0 fully saturated rings. The highest BCUT2D eigenvalue weighted by Crippen LogP contribution is 2.17. The summed E-state index contributed by atoms with van der Waals surface area (Å²) in [5.41, 5.74) is 5.20. The Labute approximate surface area is 167 Å². The van der Waals surface area contributed by atoms with Crippen molar-refractivity contribution in [3.8, 4) is 0 Å². The SMILES string of the molecule is CCOC(=O)/C(OCC)=C(\C)CC/C=C(\C)CC/C=C(\C)CCC=C(C)C. The quantitative estimate of drug-likeness (QED) is 0.149. The number of hydrogen-bond acceptors (Lipinski definition) is 3. The molecule has 3 heteroatoms. The first kappa shape index (κ1) is 25.2. The van der Waals surface area contributed by atoms with E-state index in [4.69, 9.17) is 9.47 Å². The minimum atomic E-state index is -0.355. The van der Waals surface area contributed by atoms with Crippen molar-refractivity contribution in [1.29, 1.82) is 0 Å². The van der Waals surface area contributed by atoms with Gasteiger partial charge in [-0.3, -0.25) is 0 Å². The molecular formula is C24H40O3. The fourth-order valence-electron chi connectivity index (χ4n) is 2.68. The number of esters is 1. The third-order valence-electron chi connectivity index (χ3n) is 4.27. The van der Waals surface area contributed by atoms with Crippen molar-refractivity contribution in [2.24, 2.45) is 0 Å². The van der Waals surface area contributed by atoms with E-state index in [0.717, 1.165) is 44.1 Å². The molecule has 0 atom stereocenters. The largest absolute Gasteiger partial charge is 0.487 e. The molecule has 0 aliphatic heterocycles. The Morgan fingerprint density at radius 3 is 1.67 bits per heavy atom. The minimum Gasteiger partial charge on any atom is -0.487 e. The molecule has 0 aliphatic rings. The first-order valence-electron chi connectivity index (χ1n) is 10.3. The third kappa shape index (κ3) is 13.1. The van der Waals surface area contributed by atoms with E-state index in [1.165, 1.54) is 16.7 Å². The van der Waals surface area contributed by atoms with Crippen molar-refractivity contribution in [3.05, 3.63) is 46.3 Å². The summed E-state index contributed by atoms with van der Waals surface area (Å²) in [6.45, 7) is 15.2. The summed E-state index contributed by atoms with van der Waals surface area (Å²) in [5.74, 6) is 0.0200. The predicted molar refractivity (Wildman–Crippen MR) is 116 cm³/mol. The van der Waals surface area contributed by atoms with Crippen molar-refractivity contribution in [1.82, 2.24) is 0 Å². The van der Waals surface area contributed by atoms with Gasteiger partial charge in [-0.2, -0.15) is 0 Å². The zero-order valence-electron chi connectivity index (χ0n) is 18.6. The van der Waals surface area contributed by atoms with E-state index in [1.807, 2.05) is 13.8 Å². The Bertz CT molecular complexity index is 558. The Balaban J connectivity index is 4.45. The van der Waals surface area contributed by atoms with E-state index in [9.17, 15) is 4.79 Å². The lowest BCUT2D eigenvalue weighted by Crippen LogP contribution is -2.12. The van der Waals surface area contributed by atoms with E-state index < -0.39 is 0 Å². The molecule has 3 nitrogen and oxygen atoms in total. The number of rotatable bonds is 13. The first-order chi connectivity index (χ1) is 12.8. The molecule has 0 unspecified atom stereocenters. The highest BCUT2D eigenvalue weighted by molar-refractivity contribution is 5.87. The molecule has 0 aromatic carbocycles. The lowest BCUT2D eigenvalue weighted by molar-refractivity contribution is -0.142. The summed E-state index contributed by atoms with van der Waals surface area (Å²) in [5, 5.41) is 0. The van der Waals surface area contributed by atoms with E-state index in [1.54, 1.807) is 6.92 Å². The topological polar surface area (TPSA) is 35.5 Å². The second-order valence-electron chi connectivity index (χ2n) is 7.26. The van der Waals surface area contributed by atoms with Crippen LogP contribution in [0, 0.1) is 0 Å². The summed E-state index contributed by atoms with van der Waals surface area (Å²) in [4.78, 5) is 12.0. The molecule has 154 valence electrons. The molecule has 0 aliphatic carbocycles. The van der Waals surface area contributed by atoms with Crippen LogP contribution in [0.5, 0.6) is 0 Å². The van der Waals surface area contributed by atoms with Crippen LogP contribution in [0.25, 0.3) is 0 Å². The minimum absolute atomic E-state index is 0.355. The van der Waals surface area contributed by atoms with Gasteiger partial charge in [0, 0.05) is 0 Å². The highest BCUT2D eigenvalue weighted by atomic mass is 16.6. The summed E-state index contributed by atoms with van der Waals surface area (Å²) < 4.78 is 10.6. The van der Waals surface area contributed by atoms with Crippen LogP contribution in [-0.2, 0) is 14.3 Å². The summed E-state index contributed by atoms with van der Waals surface area (Å²) >= 11 is 0. The van der Waals surface area contributed by atoms with Crippen LogP contribution < -0.4 is 0 Å². The van der Waals surface area contributed by atoms with Crippen LogP contribution in [0.2, 0.25) is 0 Å². The van der Waals surface area contributed by atoms with Gasteiger partial charge in [-0.15, -0.1) is 0 Å². The zero-order valence-corrected chi connectivity index (χ0v) is 18.6.